The van der Waals surface area contributed by atoms with Gasteiger partial charge in [0.1, 0.15) is 0 Å². The fraction of sp³-hybridized carbons (Fsp3) is 1.00. The lowest BCUT2D eigenvalue weighted by molar-refractivity contribution is -0.0693. The quantitative estimate of drug-likeness (QED) is 0.641. The minimum absolute atomic E-state index is 0.169. The van der Waals surface area contributed by atoms with Crippen LogP contribution in [-0.2, 0) is 4.74 Å². The van der Waals surface area contributed by atoms with Crippen LogP contribution in [0, 0.1) is 0 Å². The lowest BCUT2D eigenvalue weighted by Gasteiger charge is -2.37. The number of unbranched alkanes of at least 4 members (excludes halogenated alkanes) is 2. The van der Waals surface area contributed by atoms with Gasteiger partial charge in [-0.2, -0.15) is 0 Å². The van der Waals surface area contributed by atoms with Crippen molar-refractivity contribution >= 4 is 0 Å². The highest BCUT2D eigenvalue weighted by Crippen LogP contribution is 2.31. The maximum Gasteiger partial charge on any atom is 0.0806 e. The minimum atomic E-state index is 0.169. The second kappa shape index (κ2) is 8.08. The highest BCUT2D eigenvalue weighted by atomic mass is 16.5. The van der Waals surface area contributed by atoms with E-state index in [2.05, 4.69) is 19.2 Å². The summed E-state index contributed by atoms with van der Waals surface area (Å²) in [6, 6.07) is 0. The Morgan fingerprint density at radius 1 is 1.06 bits per heavy atom. The molecule has 2 heteroatoms. The highest BCUT2D eigenvalue weighted by Gasteiger charge is 2.32. The molecule has 2 nitrogen and oxygen atoms in total. The smallest absolute Gasteiger partial charge is 0.0806 e. The molecule has 0 bridgehead atoms. The summed E-state index contributed by atoms with van der Waals surface area (Å²) in [4.78, 5) is 0. The van der Waals surface area contributed by atoms with Crippen molar-refractivity contribution in [2.75, 3.05) is 19.7 Å². The minimum Gasteiger partial charge on any atom is -0.374 e. The Bertz CT molecular complexity index is 164. The zero-order valence-corrected chi connectivity index (χ0v) is 11.2. The molecular formula is C14H29NO. The van der Waals surface area contributed by atoms with Crippen molar-refractivity contribution in [1.29, 1.82) is 0 Å². The molecule has 96 valence electrons. The lowest BCUT2D eigenvalue weighted by Crippen LogP contribution is -2.45. The van der Waals surface area contributed by atoms with Crippen molar-refractivity contribution in [3.8, 4) is 0 Å². The second-order valence-electron chi connectivity index (χ2n) is 5.08. The van der Waals surface area contributed by atoms with E-state index >= 15 is 0 Å². The first-order valence-corrected chi connectivity index (χ1v) is 7.17. The highest BCUT2D eigenvalue weighted by molar-refractivity contribution is 4.86. The number of ether oxygens (including phenoxy) is 1. The Labute approximate surface area is 101 Å². The maximum atomic E-state index is 6.21. The summed E-state index contributed by atoms with van der Waals surface area (Å²) < 4.78 is 6.21. The summed E-state index contributed by atoms with van der Waals surface area (Å²) >= 11 is 0. The number of hydrogen-bond donors (Lipinski definition) is 1. The van der Waals surface area contributed by atoms with Gasteiger partial charge >= 0.3 is 0 Å². The van der Waals surface area contributed by atoms with Crippen LogP contribution in [0.4, 0.5) is 0 Å². The molecule has 1 rings (SSSR count). The third kappa shape index (κ3) is 4.84. The molecule has 1 aliphatic rings. The second-order valence-corrected chi connectivity index (χ2v) is 5.08. The molecule has 1 aliphatic carbocycles. The molecule has 1 N–H and O–H groups in total. The van der Waals surface area contributed by atoms with Crippen molar-refractivity contribution in [3.63, 3.8) is 0 Å². The van der Waals surface area contributed by atoms with Crippen LogP contribution in [0.15, 0.2) is 0 Å². The molecule has 0 radical (unpaired) electrons. The molecule has 0 spiro atoms. The fourth-order valence-electron chi connectivity index (χ4n) is 2.56. The van der Waals surface area contributed by atoms with E-state index in [-0.39, 0.29) is 5.60 Å². The number of rotatable bonds is 8. The van der Waals surface area contributed by atoms with E-state index in [1.54, 1.807) is 0 Å². The van der Waals surface area contributed by atoms with E-state index in [4.69, 9.17) is 4.74 Å². The van der Waals surface area contributed by atoms with Crippen LogP contribution in [0.2, 0.25) is 0 Å². The Morgan fingerprint density at radius 2 is 1.81 bits per heavy atom. The fourth-order valence-corrected chi connectivity index (χ4v) is 2.56. The first kappa shape index (κ1) is 14.0. The monoisotopic (exact) mass is 227 g/mol. The van der Waals surface area contributed by atoms with Crippen molar-refractivity contribution in [3.05, 3.63) is 0 Å². The molecule has 0 atom stereocenters. The van der Waals surface area contributed by atoms with Crippen molar-refractivity contribution in [2.45, 2.75) is 70.8 Å². The van der Waals surface area contributed by atoms with Crippen LogP contribution in [0.5, 0.6) is 0 Å². The third-order valence-corrected chi connectivity index (χ3v) is 3.62. The largest absolute Gasteiger partial charge is 0.374 e. The third-order valence-electron chi connectivity index (χ3n) is 3.62. The average Bonchev–Trinajstić information content (AvgIpc) is 2.34. The predicted molar refractivity (Wildman–Crippen MR) is 69.8 cm³/mol. The van der Waals surface area contributed by atoms with Gasteiger partial charge in [-0.05, 0) is 25.8 Å². The van der Waals surface area contributed by atoms with Gasteiger partial charge in [-0.15, -0.1) is 0 Å². The van der Waals surface area contributed by atoms with Crippen molar-refractivity contribution in [1.82, 2.24) is 5.32 Å². The van der Waals surface area contributed by atoms with Gasteiger partial charge in [0.25, 0.3) is 0 Å². The van der Waals surface area contributed by atoms with Gasteiger partial charge in [-0.3, -0.25) is 0 Å². The molecule has 0 amide bonds. The number of likely N-dealkylation sites (N-methyl/N-ethyl adjacent to an activating group) is 1. The topological polar surface area (TPSA) is 21.3 Å². The summed E-state index contributed by atoms with van der Waals surface area (Å²) in [5.74, 6) is 0. The molecule has 0 heterocycles. The van der Waals surface area contributed by atoms with E-state index in [0.29, 0.717) is 0 Å². The predicted octanol–water partition coefficient (Wildman–Crippen LogP) is 3.51. The number of nitrogens with one attached hydrogen (secondary N) is 1. The molecule has 0 saturated heterocycles. The molecule has 0 aromatic heterocycles. The van der Waals surface area contributed by atoms with Crippen LogP contribution in [-0.4, -0.2) is 25.3 Å². The van der Waals surface area contributed by atoms with Crippen LogP contribution < -0.4 is 5.32 Å². The standard InChI is InChI=1S/C14H29NO/c1-3-5-9-12-16-14(13-15-4-2)10-7-6-8-11-14/h15H,3-13H2,1-2H3. The SMILES string of the molecule is CCCCCOC1(CNCC)CCCCC1. The first-order chi connectivity index (χ1) is 7.83. The van der Waals surface area contributed by atoms with E-state index in [9.17, 15) is 0 Å². The van der Waals surface area contributed by atoms with Gasteiger partial charge < -0.3 is 10.1 Å². The van der Waals surface area contributed by atoms with Gasteiger partial charge in [-0.25, -0.2) is 0 Å². The zero-order valence-electron chi connectivity index (χ0n) is 11.2. The summed E-state index contributed by atoms with van der Waals surface area (Å²) in [6.45, 7) is 7.48. The Morgan fingerprint density at radius 3 is 2.44 bits per heavy atom. The summed E-state index contributed by atoms with van der Waals surface area (Å²) in [5, 5.41) is 3.47. The van der Waals surface area contributed by atoms with E-state index in [1.165, 1.54) is 51.4 Å². The molecule has 0 aliphatic heterocycles. The Balaban J connectivity index is 2.30. The van der Waals surface area contributed by atoms with Crippen molar-refractivity contribution in [2.24, 2.45) is 0 Å². The maximum absolute atomic E-state index is 6.21. The first-order valence-electron chi connectivity index (χ1n) is 7.17. The van der Waals surface area contributed by atoms with Crippen LogP contribution in [0.3, 0.4) is 0 Å². The van der Waals surface area contributed by atoms with Gasteiger partial charge in [0.2, 0.25) is 0 Å². The zero-order chi connectivity index (χ0) is 11.7. The van der Waals surface area contributed by atoms with E-state index < -0.39 is 0 Å². The van der Waals surface area contributed by atoms with Crippen LogP contribution in [0.1, 0.15) is 65.2 Å². The molecule has 16 heavy (non-hydrogen) atoms. The van der Waals surface area contributed by atoms with Crippen molar-refractivity contribution < 1.29 is 4.74 Å². The summed E-state index contributed by atoms with van der Waals surface area (Å²) in [7, 11) is 0. The van der Waals surface area contributed by atoms with Gasteiger partial charge in [0.15, 0.2) is 0 Å². The average molecular weight is 227 g/mol. The molecule has 1 fully saturated rings. The number of hydrogen-bond acceptors (Lipinski definition) is 2. The lowest BCUT2D eigenvalue weighted by atomic mass is 9.84. The van der Waals surface area contributed by atoms with Gasteiger partial charge in [-0.1, -0.05) is 46.0 Å². The van der Waals surface area contributed by atoms with Crippen LogP contribution in [0.25, 0.3) is 0 Å². The van der Waals surface area contributed by atoms with Gasteiger partial charge in [0.05, 0.1) is 5.60 Å². The Kier molecular flexibility index (Phi) is 7.06. The van der Waals surface area contributed by atoms with E-state index in [1.807, 2.05) is 0 Å². The Hall–Kier alpha value is -0.0800. The van der Waals surface area contributed by atoms with Crippen LogP contribution >= 0.6 is 0 Å². The molecule has 1 saturated carbocycles. The molecule has 0 aromatic rings. The summed E-state index contributed by atoms with van der Waals surface area (Å²) in [5.41, 5.74) is 0.169. The summed E-state index contributed by atoms with van der Waals surface area (Å²) in [6.07, 6.45) is 10.4. The normalized spacial score (nSPS) is 19.9. The van der Waals surface area contributed by atoms with Gasteiger partial charge in [0, 0.05) is 13.2 Å². The molecule has 0 aromatic carbocycles. The van der Waals surface area contributed by atoms with E-state index in [0.717, 1.165) is 19.7 Å². The molecular weight excluding hydrogens is 198 g/mol. The molecule has 0 unspecified atom stereocenters.